The third-order valence-corrected chi connectivity index (χ3v) is 4.31. The summed E-state index contributed by atoms with van der Waals surface area (Å²) >= 11 is 0. The average molecular weight is 353 g/mol. The smallest absolute Gasteiger partial charge is 0.248 e. The quantitative estimate of drug-likeness (QED) is 0.811. The van der Waals surface area contributed by atoms with Gasteiger partial charge in [0.1, 0.15) is 5.82 Å². The summed E-state index contributed by atoms with van der Waals surface area (Å²) in [6, 6.07) is 11.2. The Labute approximate surface area is 151 Å². The average Bonchev–Trinajstić information content (AvgIpc) is 3.15. The molecule has 0 atom stereocenters. The number of anilines is 2. The Morgan fingerprint density at radius 1 is 1.12 bits per heavy atom. The van der Waals surface area contributed by atoms with E-state index in [1.165, 1.54) is 18.2 Å². The van der Waals surface area contributed by atoms with E-state index in [2.05, 4.69) is 10.2 Å². The molecule has 2 aromatic rings. The van der Waals surface area contributed by atoms with Gasteiger partial charge in [0.2, 0.25) is 11.8 Å². The van der Waals surface area contributed by atoms with Crippen molar-refractivity contribution in [3.8, 4) is 0 Å². The molecule has 0 unspecified atom stereocenters. The second-order valence-electron chi connectivity index (χ2n) is 6.13. The molecule has 5 nitrogen and oxygen atoms in total. The summed E-state index contributed by atoms with van der Waals surface area (Å²) in [5.74, 6) is -1.37. The largest absolute Gasteiger partial charge is 0.370 e. The van der Waals surface area contributed by atoms with Gasteiger partial charge in [-0.2, -0.15) is 0 Å². The van der Waals surface area contributed by atoms with Gasteiger partial charge in [-0.3, -0.25) is 9.59 Å². The number of amides is 2. The highest BCUT2D eigenvalue weighted by atomic mass is 19.1. The van der Waals surface area contributed by atoms with Gasteiger partial charge in [-0.15, -0.1) is 0 Å². The van der Waals surface area contributed by atoms with E-state index >= 15 is 0 Å². The Hall–Kier alpha value is -3.15. The molecule has 1 fully saturated rings. The van der Waals surface area contributed by atoms with Crippen LogP contribution in [0.5, 0.6) is 0 Å². The zero-order valence-corrected chi connectivity index (χ0v) is 14.2. The van der Waals surface area contributed by atoms with Gasteiger partial charge < -0.3 is 16.0 Å². The van der Waals surface area contributed by atoms with Crippen molar-refractivity contribution >= 4 is 29.3 Å². The van der Waals surface area contributed by atoms with Gasteiger partial charge in [-0.05, 0) is 43.2 Å². The highest BCUT2D eigenvalue weighted by Crippen LogP contribution is 2.30. The van der Waals surface area contributed by atoms with Gasteiger partial charge in [0.25, 0.3) is 0 Å². The molecule has 0 aliphatic carbocycles. The van der Waals surface area contributed by atoms with E-state index in [0.29, 0.717) is 16.8 Å². The zero-order chi connectivity index (χ0) is 18.5. The number of nitrogens with two attached hydrogens (primary N) is 1. The maximum atomic E-state index is 13.6. The second-order valence-corrected chi connectivity index (χ2v) is 6.13. The van der Waals surface area contributed by atoms with Gasteiger partial charge in [0, 0.05) is 30.3 Å². The summed E-state index contributed by atoms with van der Waals surface area (Å²) in [4.78, 5) is 25.9. The monoisotopic (exact) mass is 353 g/mol. The van der Waals surface area contributed by atoms with Crippen molar-refractivity contribution in [3.63, 3.8) is 0 Å². The van der Waals surface area contributed by atoms with E-state index in [0.717, 1.165) is 31.6 Å². The molecule has 1 aliphatic rings. The Bertz CT molecular complexity index is 858. The van der Waals surface area contributed by atoms with E-state index < -0.39 is 17.6 Å². The van der Waals surface area contributed by atoms with E-state index in [-0.39, 0.29) is 0 Å². The van der Waals surface area contributed by atoms with Gasteiger partial charge in [-0.1, -0.05) is 18.2 Å². The van der Waals surface area contributed by atoms with Crippen LogP contribution in [0.1, 0.15) is 28.8 Å². The number of halogens is 1. The van der Waals surface area contributed by atoms with Crippen LogP contribution in [0.2, 0.25) is 0 Å². The fourth-order valence-corrected chi connectivity index (χ4v) is 2.97. The molecule has 0 saturated carbocycles. The molecule has 3 rings (SSSR count). The van der Waals surface area contributed by atoms with Gasteiger partial charge in [0.05, 0.1) is 11.4 Å². The minimum Gasteiger partial charge on any atom is -0.370 e. The Morgan fingerprint density at radius 3 is 2.54 bits per heavy atom. The van der Waals surface area contributed by atoms with Crippen molar-refractivity contribution in [1.29, 1.82) is 0 Å². The molecule has 0 bridgehead atoms. The number of nitrogens with one attached hydrogen (secondary N) is 1. The second kappa shape index (κ2) is 7.82. The van der Waals surface area contributed by atoms with Crippen LogP contribution in [0.25, 0.3) is 6.08 Å². The molecule has 2 amide bonds. The van der Waals surface area contributed by atoms with Gasteiger partial charge in [-0.25, -0.2) is 4.39 Å². The van der Waals surface area contributed by atoms with Crippen molar-refractivity contribution < 1.29 is 14.0 Å². The number of carbonyl (C=O) groups excluding carboxylic acids is 2. The topological polar surface area (TPSA) is 75.4 Å². The summed E-state index contributed by atoms with van der Waals surface area (Å²) in [6.45, 7) is 1.79. The van der Waals surface area contributed by atoms with Crippen LogP contribution in [0.15, 0.2) is 48.5 Å². The first-order valence-corrected chi connectivity index (χ1v) is 8.47. The summed E-state index contributed by atoms with van der Waals surface area (Å²) in [5, 5.41) is 2.77. The number of hydrogen-bond donors (Lipinski definition) is 2. The molecule has 3 N–H and O–H groups in total. The van der Waals surface area contributed by atoms with Crippen molar-refractivity contribution in [3.05, 3.63) is 65.5 Å². The molecule has 1 aliphatic heterocycles. The number of primary amides is 1. The molecule has 2 aromatic carbocycles. The number of hydrogen-bond acceptors (Lipinski definition) is 3. The molecule has 0 aromatic heterocycles. The molecular weight excluding hydrogens is 333 g/mol. The van der Waals surface area contributed by atoms with Crippen molar-refractivity contribution in [2.45, 2.75) is 12.8 Å². The highest BCUT2D eigenvalue weighted by molar-refractivity contribution is 6.05. The molecule has 0 radical (unpaired) electrons. The van der Waals surface area contributed by atoms with E-state index in [4.69, 9.17) is 5.73 Å². The van der Waals surface area contributed by atoms with Crippen LogP contribution in [-0.4, -0.2) is 24.9 Å². The predicted molar refractivity (Wildman–Crippen MR) is 100 cm³/mol. The zero-order valence-electron chi connectivity index (χ0n) is 14.2. The molecule has 6 heteroatoms. The third-order valence-electron chi connectivity index (χ3n) is 4.31. The minimum absolute atomic E-state index is 0.321. The van der Waals surface area contributed by atoms with Crippen molar-refractivity contribution in [2.75, 3.05) is 23.3 Å². The summed E-state index contributed by atoms with van der Waals surface area (Å²) in [6.07, 6.45) is 4.84. The lowest BCUT2D eigenvalue weighted by atomic mass is 10.1. The van der Waals surface area contributed by atoms with Crippen LogP contribution in [0.4, 0.5) is 15.8 Å². The van der Waals surface area contributed by atoms with Crippen LogP contribution in [0.3, 0.4) is 0 Å². The van der Waals surface area contributed by atoms with E-state index in [1.54, 1.807) is 36.4 Å². The van der Waals surface area contributed by atoms with Crippen molar-refractivity contribution in [1.82, 2.24) is 0 Å². The molecule has 134 valence electrons. The maximum absolute atomic E-state index is 13.6. The van der Waals surface area contributed by atoms with E-state index in [1.807, 2.05) is 0 Å². The summed E-state index contributed by atoms with van der Waals surface area (Å²) < 4.78 is 13.6. The number of carbonyl (C=O) groups is 2. The number of nitrogens with zero attached hydrogens (tertiary/aromatic N) is 1. The first-order chi connectivity index (χ1) is 12.5. The van der Waals surface area contributed by atoms with Crippen LogP contribution in [-0.2, 0) is 4.79 Å². The van der Waals surface area contributed by atoms with Gasteiger partial charge in [0.15, 0.2) is 0 Å². The predicted octanol–water partition coefficient (Wildman–Crippen LogP) is 3.18. The molecule has 1 saturated heterocycles. The molecule has 1 heterocycles. The fourth-order valence-electron chi connectivity index (χ4n) is 2.97. The number of benzene rings is 2. The lowest BCUT2D eigenvalue weighted by Gasteiger charge is -2.21. The summed E-state index contributed by atoms with van der Waals surface area (Å²) in [5.41, 5.74) is 7.36. The standard InChI is InChI=1S/C20H20FN3O2/c21-16-6-2-1-5-14(16)8-10-19(25)23-17-13-15(20(22)26)7-9-18(17)24-11-3-4-12-24/h1-2,5-10,13H,3-4,11-12H2,(H2,22,26)(H,23,25). The molecular formula is C20H20FN3O2. The van der Waals surface area contributed by atoms with Crippen LogP contribution < -0.4 is 16.0 Å². The first kappa shape index (κ1) is 17.7. The first-order valence-electron chi connectivity index (χ1n) is 8.47. The normalized spacial score (nSPS) is 14.0. The lowest BCUT2D eigenvalue weighted by Crippen LogP contribution is -2.21. The Balaban J connectivity index is 1.82. The van der Waals surface area contributed by atoms with Gasteiger partial charge >= 0.3 is 0 Å². The maximum Gasteiger partial charge on any atom is 0.248 e. The SMILES string of the molecule is NC(=O)c1ccc(N2CCCC2)c(NC(=O)C=Cc2ccccc2F)c1. The fraction of sp³-hybridized carbons (Fsp3) is 0.200. The number of rotatable bonds is 5. The Morgan fingerprint density at radius 2 is 1.85 bits per heavy atom. The highest BCUT2D eigenvalue weighted by Gasteiger charge is 2.18. The van der Waals surface area contributed by atoms with Crippen LogP contribution >= 0.6 is 0 Å². The lowest BCUT2D eigenvalue weighted by molar-refractivity contribution is -0.111. The third kappa shape index (κ3) is 4.08. The van der Waals surface area contributed by atoms with E-state index in [9.17, 15) is 14.0 Å². The Kier molecular flexibility index (Phi) is 5.31. The van der Waals surface area contributed by atoms with Crippen molar-refractivity contribution in [2.24, 2.45) is 5.73 Å². The minimum atomic E-state index is -0.560. The van der Waals surface area contributed by atoms with Crippen LogP contribution in [0, 0.1) is 5.82 Å². The summed E-state index contributed by atoms with van der Waals surface area (Å²) in [7, 11) is 0. The molecule has 26 heavy (non-hydrogen) atoms. The molecule has 0 spiro atoms.